The predicted octanol–water partition coefficient (Wildman–Crippen LogP) is 3.18. The van der Waals surface area contributed by atoms with Crippen LogP contribution in [0.3, 0.4) is 0 Å². The van der Waals surface area contributed by atoms with Crippen molar-refractivity contribution >= 4 is 43.6 Å². The number of hydrogen-bond donors (Lipinski definition) is 2. The molecular weight excluding hydrogens is 422 g/mol. The summed E-state index contributed by atoms with van der Waals surface area (Å²) >= 11 is 4.69. The van der Waals surface area contributed by atoms with E-state index >= 15 is 0 Å². The lowest BCUT2D eigenvalue weighted by atomic mass is 9.95. The molecule has 1 saturated carbocycles. The first-order chi connectivity index (χ1) is 12.1. The van der Waals surface area contributed by atoms with Crippen molar-refractivity contribution < 1.29 is 14.6 Å². The van der Waals surface area contributed by atoms with Crippen molar-refractivity contribution in [2.45, 2.75) is 57.4 Å². The molecule has 4 atom stereocenters. The van der Waals surface area contributed by atoms with Crippen LogP contribution in [-0.4, -0.2) is 43.8 Å². The molecule has 4 rings (SSSR count). The van der Waals surface area contributed by atoms with E-state index in [9.17, 15) is 14.7 Å². The summed E-state index contributed by atoms with van der Waals surface area (Å²) < 4.78 is 6.92. The van der Waals surface area contributed by atoms with E-state index in [1.807, 2.05) is 20.8 Å². The minimum absolute atomic E-state index is 0.106. The fourth-order valence-electron chi connectivity index (χ4n) is 4.00. The number of fused-ring (bicyclic) bond motifs is 3. The van der Waals surface area contributed by atoms with E-state index in [0.717, 1.165) is 3.79 Å². The number of nitrogens with zero attached hydrogens (tertiary/aromatic N) is 2. The van der Waals surface area contributed by atoms with Gasteiger partial charge in [-0.1, -0.05) is 0 Å². The van der Waals surface area contributed by atoms with Gasteiger partial charge >= 0.3 is 6.09 Å². The average Bonchev–Trinajstić information content (AvgIpc) is 3.15. The molecule has 2 bridgehead atoms. The molecule has 0 radical (unpaired) electrons. The third kappa shape index (κ3) is 2.95. The molecule has 2 N–H and O–H groups in total. The number of aromatic amines is 1. The molecule has 2 aromatic rings. The number of aliphatic hydroxyl groups is 1. The number of carbonyl (C=O) groups excluding carboxylic acids is 1. The third-order valence-electron chi connectivity index (χ3n) is 4.91. The van der Waals surface area contributed by atoms with Gasteiger partial charge in [0.25, 0.3) is 5.56 Å². The molecule has 2 aromatic heterocycles. The van der Waals surface area contributed by atoms with E-state index in [2.05, 4.69) is 25.9 Å². The second-order valence-electron chi connectivity index (χ2n) is 7.90. The zero-order valence-electron chi connectivity index (χ0n) is 14.7. The summed E-state index contributed by atoms with van der Waals surface area (Å²) in [5.74, 6) is 0.250. The largest absolute Gasteiger partial charge is 0.444 e. The smallest absolute Gasteiger partial charge is 0.411 e. The molecule has 2 fully saturated rings. The predicted molar refractivity (Wildman–Crippen MR) is 101 cm³/mol. The highest BCUT2D eigenvalue weighted by Crippen LogP contribution is 2.50. The highest BCUT2D eigenvalue weighted by Gasteiger charge is 2.55. The Labute approximate surface area is 162 Å². The van der Waals surface area contributed by atoms with Crippen molar-refractivity contribution in [1.82, 2.24) is 14.9 Å². The summed E-state index contributed by atoms with van der Waals surface area (Å²) in [6.45, 7) is 5.45. The van der Waals surface area contributed by atoms with Crippen LogP contribution in [-0.2, 0) is 4.74 Å². The van der Waals surface area contributed by atoms with Gasteiger partial charge in [-0.05, 0) is 55.6 Å². The summed E-state index contributed by atoms with van der Waals surface area (Å²) in [6.07, 6.45) is 0.256. The van der Waals surface area contributed by atoms with Gasteiger partial charge in [0.15, 0.2) is 0 Å². The quantitative estimate of drug-likeness (QED) is 0.708. The number of aromatic nitrogens is 2. The van der Waals surface area contributed by atoms with Crippen molar-refractivity contribution in [3.8, 4) is 0 Å². The standard InChI is InChI=1S/C17H20BrN3O4S/c1-17(2,3)25-16(24)21-7-4-8(10(22)5-7)12(21)14-19-9-6-11(18)26-13(9)15(23)20-14/h6-8,10,12,22H,4-5H2,1-3H3,(H,19,20,23)/t7-,8+,10+,12+/m1/s1. The number of likely N-dealkylation sites (tertiary alicyclic amines) is 1. The summed E-state index contributed by atoms with van der Waals surface area (Å²) in [4.78, 5) is 34.3. The maximum absolute atomic E-state index is 12.8. The van der Waals surface area contributed by atoms with Gasteiger partial charge in [0, 0.05) is 12.0 Å². The Morgan fingerprint density at radius 3 is 2.88 bits per heavy atom. The van der Waals surface area contributed by atoms with Crippen molar-refractivity contribution in [2.75, 3.05) is 0 Å². The number of carbonyl (C=O) groups is 1. The van der Waals surface area contributed by atoms with E-state index in [0.29, 0.717) is 28.9 Å². The summed E-state index contributed by atoms with van der Waals surface area (Å²) in [5.41, 5.74) is -0.269. The van der Waals surface area contributed by atoms with E-state index in [4.69, 9.17) is 4.74 Å². The van der Waals surface area contributed by atoms with Crippen LogP contribution >= 0.6 is 27.3 Å². The lowest BCUT2D eigenvalue weighted by Crippen LogP contribution is -2.46. The van der Waals surface area contributed by atoms with E-state index in [-0.39, 0.29) is 17.5 Å². The van der Waals surface area contributed by atoms with Gasteiger partial charge in [0.2, 0.25) is 0 Å². The molecule has 0 unspecified atom stereocenters. The zero-order chi connectivity index (χ0) is 18.8. The first-order valence-corrected chi connectivity index (χ1v) is 10.1. The summed E-state index contributed by atoms with van der Waals surface area (Å²) in [5, 5.41) is 10.4. The maximum atomic E-state index is 12.8. The molecule has 1 saturated heterocycles. The fraction of sp³-hybridized carbons (Fsp3) is 0.588. The second kappa shape index (κ2) is 6.03. The molecular formula is C17H20BrN3O4S. The molecule has 1 amide bonds. The van der Waals surface area contributed by atoms with Gasteiger partial charge in [-0.25, -0.2) is 9.78 Å². The summed E-state index contributed by atoms with van der Waals surface area (Å²) in [7, 11) is 0. The van der Waals surface area contributed by atoms with Gasteiger partial charge < -0.3 is 14.8 Å². The number of nitrogens with one attached hydrogen (secondary N) is 1. The normalized spacial score (nSPS) is 28.1. The Balaban J connectivity index is 1.77. The summed E-state index contributed by atoms with van der Waals surface area (Å²) in [6, 6.07) is 1.19. The number of H-pyrrole nitrogens is 1. The first kappa shape index (κ1) is 17.9. The Bertz CT molecular complexity index is 934. The van der Waals surface area contributed by atoms with Gasteiger partial charge in [0.1, 0.15) is 16.1 Å². The molecule has 2 aliphatic rings. The fourth-order valence-corrected chi connectivity index (χ4v) is 5.42. The van der Waals surface area contributed by atoms with E-state index in [1.54, 1.807) is 11.0 Å². The molecule has 26 heavy (non-hydrogen) atoms. The number of thiophene rings is 1. The van der Waals surface area contributed by atoms with Crippen LogP contribution in [0.15, 0.2) is 14.6 Å². The van der Waals surface area contributed by atoms with Crippen molar-refractivity contribution in [3.63, 3.8) is 0 Å². The molecule has 0 spiro atoms. The van der Waals surface area contributed by atoms with Gasteiger partial charge in [-0.3, -0.25) is 9.69 Å². The highest BCUT2D eigenvalue weighted by atomic mass is 79.9. The number of rotatable bonds is 1. The lowest BCUT2D eigenvalue weighted by Gasteiger charge is -2.37. The number of ether oxygens (including phenoxy) is 1. The van der Waals surface area contributed by atoms with Crippen LogP contribution in [0.1, 0.15) is 45.5 Å². The molecule has 3 heterocycles. The molecule has 1 aliphatic heterocycles. The zero-order valence-corrected chi connectivity index (χ0v) is 17.1. The molecule has 1 aliphatic carbocycles. The topological polar surface area (TPSA) is 95.5 Å². The Kier molecular flexibility index (Phi) is 4.16. The van der Waals surface area contributed by atoms with Gasteiger partial charge in [-0.2, -0.15) is 0 Å². The SMILES string of the molecule is CC(C)(C)OC(=O)N1[C@@H]2C[C@H]([C@H]1c1nc3cc(Br)sc3c(=O)[nH]1)[C@@H](O)C2. The monoisotopic (exact) mass is 441 g/mol. The van der Waals surface area contributed by atoms with Crippen molar-refractivity contribution in [1.29, 1.82) is 0 Å². The van der Waals surface area contributed by atoms with Crippen LogP contribution in [0.2, 0.25) is 0 Å². The lowest BCUT2D eigenvalue weighted by molar-refractivity contribution is -0.0132. The van der Waals surface area contributed by atoms with E-state index < -0.39 is 23.8 Å². The van der Waals surface area contributed by atoms with Crippen LogP contribution in [0, 0.1) is 5.92 Å². The molecule has 7 nitrogen and oxygen atoms in total. The molecule has 0 aromatic carbocycles. The maximum Gasteiger partial charge on any atom is 0.411 e. The average molecular weight is 442 g/mol. The van der Waals surface area contributed by atoms with Gasteiger partial charge in [-0.15, -0.1) is 11.3 Å². The third-order valence-corrected chi connectivity index (χ3v) is 6.53. The number of hydrogen-bond acceptors (Lipinski definition) is 6. The van der Waals surface area contributed by atoms with Crippen molar-refractivity contribution in [3.05, 3.63) is 26.0 Å². The minimum atomic E-state index is -0.620. The number of halogens is 1. The van der Waals surface area contributed by atoms with Crippen LogP contribution in [0.25, 0.3) is 10.2 Å². The number of amides is 1. The van der Waals surface area contributed by atoms with Gasteiger partial charge in [0.05, 0.1) is 21.4 Å². The second-order valence-corrected chi connectivity index (χ2v) is 10.3. The first-order valence-electron chi connectivity index (χ1n) is 8.52. The molecule has 140 valence electrons. The Morgan fingerprint density at radius 2 is 2.19 bits per heavy atom. The minimum Gasteiger partial charge on any atom is -0.444 e. The number of aliphatic hydroxyl groups excluding tert-OH is 1. The van der Waals surface area contributed by atoms with Crippen LogP contribution in [0.4, 0.5) is 4.79 Å². The Morgan fingerprint density at radius 1 is 1.46 bits per heavy atom. The van der Waals surface area contributed by atoms with Crippen LogP contribution in [0.5, 0.6) is 0 Å². The van der Waals surface area contributed by atoms with Crippen molar-refractivity contribution in [2.24, 2.45) is 5.92 Å². The Hall–Kier alpha value is -1.45. The molecule has 9 heteroatoms. The number of piperidine rings is 1. The van der Waals surface area contributed by atoms with Crippen LogP contribution < -0.4 is 5.56 Å². The highest BCUT2D eigenvalue weighted by molar-refractivity contribution is 9.11. The van der Waals surface area contributed by atoms with E-state index in [1.165, 1.54) is 11.3 Å².